The van der Waals surface area contributed by atoms with Gasteiger partial charge in [-0.25, -0.2) is 0 Å². The monoisotopic (exact) mass is 376 g/mol. The molecule has 26 heavy (non-hydrogen) atoms. The molecule has 2 atom stereocenters. The Kier molecular flexibility index (Phi) is 5.28. The van der Waals surface area contributed by atoms with Gasteiger partial charge in [0.1, 0.15) is 0 Å². The van der Waals surface area contributed by atoms with Crippen LogP contribution in [0.3, 0.4) is 0 Å². The number of aromatic nitrogens is 1. The zero-order chi connectivity index (χ0) is 19.2. The molecule has 0 radical (unpaired) electrons. The van der Waals surface area contributed by atoms with Crippen molar-refractivity contribution < 1.29 is 9.16 Å². The fourth-order valence-electron chi connectivity index (χ4n) is 4.43. The molecule has 2 aliphatic rings. The third-order valence-electron chi connectivity index (χ3n) is 6.52. The van der Waals surface area contributed by atoms with E-state index in [0.29, 0.717) is 5.92 Å². The molecule has 1 aromatic heterocycles. The topological polar surface area (TPSA) is 57.4 Å². The standard InChI is InChI=1S/C21H36N2O2Si/c1-15(2)12-20(3,4)26(5,6)25-16-11-19(24-21(13-16)8-9-21)17-7-10-23-14-18(17)22/h7,10,14-16,19H,8-9,11-13,22H2,1-6H3. The molecule has 2 N–H and O–H groups in total. The highest BCUT2D eigenvalue weighted by atomic mass is 28.4. The average molecular weight is 377 g/mol. The van der Waals surface area contributed by atoms with Crippen molar-refractivity contribution in [2.24, 2.45) is 5.92 Å². The van der Waals surface area contributed by atoms with E-state index in [4.69, 9.17) is 14.9 Å². The Morgan fingerprint density at radius 3 is 2.65 bits per heavy atom. The summed E-state index contributed by atoms with van der Waals surface area (Å²) in [5, 5.41) is 0.251. The van der Waals surface area contributed by atoms with Crippen molar-refractivity contribution in [2.75, 3.05) is 5.73 Å². The first kappa shape index (κ1) is 19.8. The minimum Gasteiger partial charge on any atom is -0.414 e. The van der Waals surface area contributed by atoms with Gasteiger partial charge >= 0.3 is 0 Å². The van der Waals surface area contributed by atoms with Gasteiger partial charge in [0.2, 0.25) is 0 Å². The molecule has 0 amide bonds. The minimum atomic E-state index is -1.86. The Morgan fingerprint density at radius 2 is 2.08 bits per heavy atom. The first-order chi connectivity index (χ1) is 12.0. The maximum Gasteiger partial charge on any atom is 0.192 e. The Bertz CT molecular complexity index is 641. The van der Waals surface area contributed by atoms with Crippen LogP contribution in [0.5, 0.6) is 0 Å². The predicted octanol–water partition coefficient (Wildman–Crippen LogP) is 5.46. The summed E-state index contributed by atoms with van der Waals surface area (Å²) in [6, 6.07) is 2.00. The first-order valence-corrected chi connectivity index (χ1v) is 13.0. The number of ether oxygens (including phenoxy) is 1. The van der Waals surface area contributed by atoms with E-state index in [1.54, 1.807) is 6.20 Å². The van der Waals surface area contributed by atoms with Gasteiger partial charge in [0.05, 0.1) is 29.7 Å². The van der Waals surface area contributed by atoms with Crippen molar-refractivity contribution in [3.8, 4) is 0 Å². The molecule has 146 valence electrons. The average Bonchev–Trinajstić information content (AvgIpc) is 3.23. The molecule has 1 saturated heterocycles. The summed E-state index contributed by atoms with van der Waals surface area (Å²) in [6.07, 6.45) is 9.25. The van der Waals surface area contributed by atoms with Crippen LogP contribution >= 0.6 is 0 Å². The van der Waals surface area contributed by atoms with Gasteiger partial charge in [-0.15, -0.1) is 0 Å². The molecule has 1 aliphatic heterocycles. The highest BCUT2D eigenvalue weighted by molar-refractivity contribution is 6.74. The Morgan fingerprint density at radius 1 is 1.38 bits per heavy atom. The lowest BCUT2D eigenvalue weighted by atomic mass is 9.95. The number of pyridine rings is 1. The van der Waals surface area contributed by atoms with Gasteiger partial charge in [0.15, 0.2) is 8.32 Å². The fraction of sp³-hybridized carbons (Fsp3) is 0.762. The van der Waals surface area contributed by atoms with Gasteiger partial charge in [0, 0.05) is 24.6 Å². The van der Waals surface area contributed by atoms with Crippen molar-refractivity contribution in [1.82, 2.24) is 4.98 Å². The zero-order valence-electron chi connectivity index (χ0n) is 17.3. The van der Waals surface area contributed by atoms with Crippen LogP contribution in [0.1, 0.15) is 71.5 Å². The normalized spacial score (nSPS) is 25.7. The summed E-state index contributed by atoms with van der Waals surface area (Å²) >= 11 is 0. The van der Waals surface area contributed by atoms with E-state index >= 15 is 0 Å². The highest BCUT2D eigenvalue weighted by Crippen LogP contribution is 2.54. The van der Waals surface area contributed by atoms with Crippen molar-refractivity contribution in [2.45, 2.75) is 95.7 Å². The van der Waals surface area contributed by atoms with Crippen LogP contribution in [-0.4, -0.2) is 25.0 Å². The van der Waals surface area contributed by atoms with Crippen molar-refractivity contribution >= 4 is 14.0 Å². The van der Waals surface area contributed by atoms with Gasteiger partial charge in [-0.1, -0.05) is 27.7 Å². The summed E-state index contributed by atoms with van der Waals surface area (Å²) in [5.41, 5.74) is 8.00. The largest absolute Gasteiger partial charge is 0.414 e. The van der Waals surface area contributed by atoms with E-state index in [2.05, 4.69) is 45.8 Å². The summed E-state index contributed by atoms with van der Waals surface area (Å²) in [4.78, 5) is 4.13. The van der Waals surface area contributed by atoms with Crippen molar-refractivity contribution in [1.29, 1.82) is 0 Å². The molecule has 3 rings (SSSR count). The summed E-state index contributed by atoms with van der Waals surface area (Å²) in [6.45, 7) is 14.2. The maximum atomic E-state index is 6.91. The van der Waals surface area contributed by atoms with Gasteiger partial charge in [-0.2, -0.15) is 0 Å². The number of nitrogen functional groups attached to an aromatic ring is 1. The van der Waals surface area contributed by atoms with E-state index in [0.717, 1.165) is 36.9 Å². The molecule has 4 nitrogen and oxygen atoms in total. The summed E-state index contributed by atoms with van der Waals surface area (Å²) in [7, 11) is -1.86. The Balaban J connectivity index is 1.76. The SMILES string of the molecule is CC(C)CC(C)(C)[Si](C)(C)OC1CC(c2ccncc2N)OC2(CC2)C1. The smallest absolute Gasteiger partial charge is 0.192 e. The minimum absolute atomic E-state index is 0.0238. The van der Waals surface area contributed by atoms with Gasteiger partial charge in [0.25, 0.3) is 0 Å². The summed E-state index contributed by atoms with van der Waals surface area (Å²) in [5.74, 6) is 0.689. The second kappa shape index (κ2) is 6.92. The molecule has 2 heterocycles. The molecule has 1 aliphatic carbocycles. The second-order valence-electron chi connectivity index (χ2n) is 9.97. The highest BCUT2D eigenvalue weighted by Gasteiger charge is 2.53. The summed E-state index contributed by atoms with van der Waals surface area (Å²) < 4.78 is 13.4. The number of hydrogen-bond donors (Lipinski definition) is 1. The first-order valence-electron chi connectivity index (χ1n) is 10.1. The third kappa shape index (κ3) is 4.15. The van der Waals surface area contributed by atoms with Crippen LogP contribution < -0.4 is 5.73 Å². The van der Waals surface area contributed by atoms with E-state index in [1.165, 1.54) is 6.42 Å². The zero-order valence-corrected chi connectivity index (χ0v) is 18.3. The van der Waals surface area contributed by atoms with Crippen molar-refractivity contribution in [3.63, 3.8) is 0 Å². The second-order valence-corrected chi connectivity index (χ2v) is 14.6. The number of anilines is 1. The van der Waals surface area contributed by atoms with Crippen LogP contribution in [-0.2, 0) is 9.16 Å². The lowest BCUT2D eigenvalue weighted by Gasteiger charge is -2.45. The number of rotatable bonds is 6. The molecule has 0 aromatic carbocycles. The van der Waals surface area contributed by atoms with E-state index in [1.807, 2.05) is 12.3 Å². The molecule has 2 unspecified atom stereocenters. The van der Waals surface area contributed by atoms with Crippen LogP contribution in [0.4, 0.5) is 5.69 Å². The molecule has 2 fully saturated rings. The predicted molar refractivity (Wildman–Crippen MR) is 110 cm³/mol. The number of nitrogens with zero attached hydrogens (tertiary/aromatic N) is 1. The van der Waals surface area contributed by atoms with Crippen LogP contribution in [0.15, 0.2) is 18.5 Å². The molecular weight excluding hydrogens is 340 g/mol. The molecule has 0 bridgehead atoms. The maximum absolute atomic E-state index is 6.91. The molecule has 1 aromatic rings. The Hall–Kier alpha value is -0.913. The molecule has 5 heteroatoms. The van der Waals surface area contributed by atoms with Crippen molar-refractivity contribution in [3.05, 3.63) is 24.0 Å². The van der Waals surface area contributed by atoms with Gasteiger partial charge < -0.3 is 14.9 Å². The van der Waals surface area contributed by atoms with E-state index in [-0.39, 0.29) is 22.8 Å². The van der Waals surface area contributed by atoms with Crippen LogP contribution in [0.2, 0.25) is 18.1 Å². The lowest BCUT2D eigenvalue weighted by Crippen LogP contribution is -2.48. The number of nitrogens with two attached hydrogens (primary N) is 1. The van der Waals surface area contributed by atoms with Crippen LogP contribution in [0, 0.1) is 5.92 Å². The lowest BCUT2D eigenvalue weighted by molar-refractivity contribution is -0.109. The van der Waals surface area contributed by atoms with Gasteiger partial charge in [-0.05, 0) is 49.4 Å². The third-order valence-corrected chi connectivity index (χ3v) is 10.9. The molecular formula is C21H36N2O2Si. The quantitative estimate of drug-likeness (QED) is 0.669. The van der Waals surface area contributed by atoms with Crippen LogP contribution in [0.25, 0.3) is 0 Å². The number of hydrogen-bond acceptors (Lipinski definition) is 4. The molecule has 1 saturated carbocycles. The van der Waals surface area contributed by atoms with E-state index in [9.17, 15) is 0 Å². The van der Waals surface area contributed by atoms with E-state index < -0.39 is 8.32 Å². The van der Waals surface area contributed by atoms with Gasteiger partial charge in [-0.3, -0.25) is 4.98 Å². The molecule has 1 spiro atoms. The Labute approximate surface area is 160 Å². The fourth-order valence-corrected chi connectivity index (χ4v) is 6.66.